The molecule has 0 aliphatic heterocycles. The number of aliphatic hydroxyl groups excluding tert-OH is 1. The van der Waals surface area contributed by atoms with E-state index in [9.17, 15) is 5.11 Å². The summed E-state index contributed by atoms with van der Waals surface area (Å²) in [6, 6.07) is 0.322. The largest absolute Gasteiger partial charge is 0.393 e. The first-order valence-electron chi connectivity index (χ1n) is 6.04. The second-order valence-electron chi connectivity index (χ2n) is 6.11. The number of nitrogens with two attached hydrogens (primary N) is 1. The topological polar surface area (TPSA) is 46.2 Å². The van der Waals surface area contributed by atoms with E-state index in [0.717, 1.165) is 5.92 Å². The van der Waals surface area contributed by atoms with Crippen LogP contribution in [0.25, 0.3) is 0 Å². The molecular formula is C12H21NO. The van der Waals surface area contributed by atoms with Crippen molar-refractivity contribution < 1.29 is 5.11 Å². The molecule has 0 saturated heterocycles. The van der Waals surface area contributed by atoms with E-state index in [0.29, 0.717) is 23.3 Å². The summed E-state index contributed by atoms with van der Waals surface area (Å²) >= 11 is 0. The summed E-state index contributed by atoms with van der Waals surface area (Å²) in [5.41, 5.74) is 6.55. The summed E-state index contributed by atoms with van der Waals surface area (Å²) in [5.74, 6) is 2.03. The van der Waals surface area contributed by atoms with Crippen molar-refractivity contribution >= 4 is 0 Å². The number of aliphatic hydroxyl groups is 1. The summed E-state index contributed by atoms with van der Waals surface area (Å²) in [7, 11) is 0. The van der Waals surface area contributed by atoms with Crippen LogP contribution in [-0.4, -0.2) is 17.3 Å². The Bertz CT molecular complexity index is 235. The van der Waals surface area contributed by atoms with Crippen molar-refractivity contribution in [3.05, 3.63) is 0 Å². The zero-order valence-corrected chi connectivity index (χ0v) is 8.95. The lowest BCUT2D eigenvalue weighted by atomic mass is 9.47. The Hall–Kier alpha value is -0.0800. The van der Waals surface area contributed by atoms with E-state index in [2.05, 4.69) is 6.92 Å². The van der Waals surface area contributed by atoms with Crippen LogP contribution in [0.15, 0.2) is 0 Å². The fourth-order valence-corrected chi connectivity index (χ4v) is 4.62. The first-order chi connectivity index (χ1) is 6.61. The van der Waals surface area contributed by atoms with Crippen molar-refractivity contribution in [3.63, 3.8) is 0 Å². The molecule has 0 spiro atoms. The smallest absolute Gasteiger partial charge is 0.0597 e. The van der Waals surface area contributed by atoms with Crippen molar-refractivity contribution in [2.75, 3.05) is 0 Å². The summed E-state index contributed by atoms with van der Waals surface area (Å²) in [6.45, 7) is 2.17. The Morgan fingerprint density at radius 3 is 2.29 bits per heavy atom. The van der Waals surface area contributed by atoms with Gasteiger partial charge in [-0.2, -0.15) is 0 Å². The Kier molecular flexibility index (Phi) is 1.79. The van der Waals surface area contributed by atoms with Gasteiger partial charge in [0.1, 0.15) is 0 Å². The second-order valence-corrected chi connectivity index (χ2v) is 6.11. The van der Waals surface area contributed by atoms with E-state index in [1.165, 1.54) is 32.1 Å². The molecule has 4 fully saturated rings. The van der Waals surface area contributed by atoms with Gasteiger partial charge in [0.05, 0.1) is 6.10 Å². The second kappa shape index (κ2) is 2.73. The van der Waals surface area contributed by atoms with Crippen molar-refractivity contribution in [2.24, 2.45) is 28.9 Å². The molecule has 0 heterocycles. The summed E-state index contributed by atoms with van der Waals surface area (Å²) < 4.78 is 0. The molecule has 0 radical (unpaired) electrons. The highest BCUT2D eigenvalue weighted by Gasteiger charge is 2.56. The molecule has 14 heavy (non-hydrogen) atoms. The third kappa shape index (κ3) is 1.04. The molecule has 3 N–H and O–H groups in total. The minimum atomic E-state index is -0.00146. The normalized spacial score (nSPS) is 57.6. The van der Waals surface area contributed by atoms with Crippen LogP contribution in [0.3, 0.4) is 0 Å². The van der Waals surface area contributed by atoms with Crippen molar-refractivity contribution in [1.29, 1.82) is 0 Å². The minimum absolute atomic E-state index is 0.00146. The predicted molar refractivity (Wildman–Crippen MR) is 55.6 cm³/mol. The van der Waals surface area contributed by atoms with Gasteiger partial charge in [-0.3, -0.25) is 0 Å². The molecule has 4 rings (SSSR count). The molecule has 4 aliphatic carbocycles. The van der Waals surface area contributed by atoms with Gasteiger partial charge < -0.3 is 10.8 Å². The maximum Gasteiger partial charge on any atom is 0.0597 e. The Morgan fingerprint density at radius 1 is 1.21 bits per heavy atom. The number of hydrogen-bond donors (Lipinski definition) is 2. The van der Waals surface area contributed by atoms with E-state index in [1.54, 1.807) is 0 Å². The molecule has 0 aromatic heterocycles. The average molecular weight is 195 g/mol. The van der Waals surface area contributed by atoms with E-state index < -0.39 is 0 Å². The van der Waals surface area contributed by atoms with Gasteiger partial charge in [-0.1, -0.05) is 0 Å². The lowest BCUT2D eigenvalue weighted by molar-refractivity contribution is -0.140. The quantitative estimate of drug-likeness (QED) is 0.666. The van der Waals surface area contributed by atoms with Gasteiger partial charge in [0.15, 0.2) is 0 Å². The molecular weight excluding hydrogens is 174 g/mol. The number of rotatable bonds is 1. The van der Waals surface area contributed by atoms with Gasteiger partial charge in [-0.05, 0) is 62.2 Å². The predicted octanol–water partition coefficient (Wildman–Crippen LogP) is 1.52. The molecule has 0 aromatic carbocycles. The zero-order valence-electron chi connectivity index (χ0n) is 8.95. The van der Waals surface area contributed by atoms with Crippen LogP contribution in [0.2, 0.25) is 0 Å². The van der Waals surface area contributed by atoms with E-state index in [4.69, 9.17) is 5.73 Å². The fourth-order valence-electron chi connectivity index (χ4n) is 4.62. The summed E-state index contributed by atoms with van der Waals surface area (Å²) in [5, 5.41) is 10.1. The lowest BCUT2D eigenvalue weighted by Gasteiger charge is -2.60. The van der Waals surface area contributed by atoms with Crippen LogP contribution in [0.5, 0.6) is 0 Å². The van der Waals surface area contributed by atoms with Crippen LogP contribution >= 0.6 is 0 Å². The van der Waals surface area contributed by atoms with Gasteiger partial charge in [0.2, 0.25) is 0 Å². The first kappa shape index (κ1) is 9.17. The molecule has 0 amide bonds. The standard InChI is InChI=1S/C12H21NO/c1-7(13)12-4-8-2-9(5-12)11(14)10(3-8)6-12/h7-11,14H,2-6,13H2,1H3/t7?,8?,9-,10+,11?,12?. The van der Waals surface area contributed by atoms with Gasteiger partial charge in [-0.15, -0.1) is 0 Å². The van der Waals surface area contributed by atoms with Gasteiger partial charge in [0, 0.05) is 6.04 Å². The third-order valence-corrected chi connectivity index (χ3v) is 5.24. The SMILES string of the molecule is CC(N)C12CC3C[C@H](C1)C(O)[C@@H](C3)C2. The van der Waals surface area contributed by atoms with Gasteiger partial charge in [0.25, 0.3) is 0 Å². The molecule has 2 nitrogen and oxygen atoms in total. The van der Waals surface area contributed by atoms with Crippen molar-refractivity contribution in [3.8, 4) is 0 Å². The highest BCUT2D eigenvalue weighted by molar-refractivity contribution is 5.07. The third-order valence-electron chi connectivity index (χ3n) is 5.24. The molecule has 4 unspecified atom stereocenters. The van der Waals surface area contributed by atoms with Crippen LogP contribution in [0, 0.1) is 23.2 Å². The van der Waals surface area contributed by atoms with Gasteiger partial charge >= 0.3 is 0 Å². The van der Waals surface area contributed by atoms with E-state index in [1.807, 2.05) is 0 Å². The number of hydrogen-bond acceptors (Lipinski definition) is 2. The monoisotopic (exact) mass is 195 g/mol. The molecule has 2 heteroatoms. The molecule has 4 aliphatic rings. The lowest BCUT2D eigenvalue weighted by Crippen LogP contribution is -2.58. The summed E-state index contributed by atoms with van der Waals surface area (Å²) in [6.07, 6.45) is 6.26. The first-order valence-corrected chi connectivity index (χ1v) is 6.04. The highest BCUT2D eigenvalue weighted by Crippen LogP contribution is 2.60. The Morgan fingerprint density at radius 2 is 1.79 bits per heavy atom. The summed E-state index contributed by atoms with van der Waals surface area (Å²) in [4.78, 5) is 0. The molecule has 4 saturated carbocycles. The van der Waals surface area contributed by atoms with E-state index in [-0.39, 0.29) is 6.10 Å². The van der Waals surface area contributed by atoms with Crippen LogP contribution < -0.4 is 5.73 Å². The van der Waals surface area contributed by atoms with Gasteiger partial charge in [-0.25, -0.2) is 0 Å². The molecule has 4 bridgehead atoms. The van der Waals surface area contributed by atoms with Crippen LogP contribution in [0.4, 0.5) is 0 Å². The highest BCUT2D eigenvalue weighted by atomic mass is 16.3. The van der Waals surface area contributed by atoms with Crippen molar-refractivity contribution in [1.82, 2.24) is 0 Å². The molecule has 80 valence electrons. The molecule has 0 aromatic rings. The Balaban J connectivity index is 1.92. The van der Waals surface area contributed by atoms with Crippen LogP contribution in [0.1, 0.15) is 39.0 Å². The molecule has 6 atom stereocenters. The maximum atomic E-state index is 10.1. The van der Waals surface area contributed by atoms with Crippen LogP contribution in [-0.2, 0) is 0 Å². The zero-order chi connectivity index (χ0) is 9.92. The fraction of sp³-hybridized carbons (Fsp3) is 1.00. The van der Waals surface area contributed by atoms with Crippen molar-refractivity contribution in [2.45, 2.75) is 51.2 Å². The minimum Gasteiger partial charge on any atom is -0.393 e. The van der Waals surface area contributed by atoms with E-state index >= 15 is 0 Å². The Labute approximate surface area is 85.9 Å². The maximum absolute atomic E-state index is 10.1. The average Bonchev–Trinajstić information content (AvgIpc) is 2.12.